The molecular weight excluding hydrogens is 486 g/mol. The first kappa shape index (κ1) is 26.6. The van der Waals surface area contributed by atoms with E-state index in [0.717, 1.165) is 5.56 Å². The lowest BCUT2D eigenvalue weighted by Crippen LogP contribution is -2.35. The second-order valence-corrected chi connectivity index (χ2v) is 9.40. The van der Waals surface area contributed by atoms with Crippen LogP contribution in [0.2, 0.25) is 0 Å². The van der Waals surface area contributed by atoms with Crippen molar-refractivity contribution in [1.82, 2.24) is 9.80 Å². The minimum atomic E-state index is -0.969. The standard InChI is InChI=1S/C29H29N3O6/c1-19-16-23(38-18-20-8-5-4-6-9-20)12-13-24(19)27(33)25-26(21-10-7-11-22(17-21)32(36)37)31(15-14-30(2)3)29(35)28(25)34/h4-13,16-17,26,33H,14-15,18H2,1-3H3/b27-25+/t26-/m1/s1. The zero-order valence-electron chi connectivity index (χ0n) is 21.5. The fourth-order valence-electron chi connectivity index (χ4n) is 4.45. The molecule has 0 aliphatic carbocycles. The van der Waals surface area contributed by atoms with E-state index in [1.54, 1.807) is 31.2 Å². The largest absolute Gasteiger partial charge is 0.507 e. The zero-order chi connectivity index (χ0) is 27.4. The number of amides is 1. The Balaban J connectivity index is 1.74. The highest BCUT2D eigenvalue weighted by Crippen LogP contribution is 2.40. The van der Waals surface area contributed by atoms with Crippen LogP contribution >= 0.6 is 0 Å². The number of nitro benzene ring substituents is 1. The quantitative estimate of drug-likeness (QED) is 0.147. The van der Waals surface area contributed by atoms with Gasteiger partial charge in [-0.15, -0.1) is 0 Å². The first-order chi connectivity index (χ1) is 18.2. The number of nitro groups is 1. The van der Waals surface area contributed by atoms with Crippen molar-refractivity contribution < 1.29 is 24.4 Å². The number of aliphatic hydroxyl groups is 1. The Bertz CT molecular complexity index is 1400. The van der Waals surface area contributed by atoms with Gasteiger partial charge < -0.3 is 19.6 Å². The molecule has 3 aromatic rings. The van der Waals surface area contributed by atoms with Gasteiger partial charge in [0.05, 0.1) is 16.5 Å². The number of hydrogen-bond acceptors (Lipinski definition) is 7. The van der Waals surface area contributed by atoms with Gasteiger partial charge in [0.2, 0.25) is 0 Å². The number of ether oxygens (including phenoxy) is 1. The van der Waals surface area contributed by atoms with E-state index in [2.05, 4.69) is 0 Å². The van der Waals surface area contributed by atoms with Crippen LogP contribution < -0.4 is 4.74 Å². The summed E-state index contributed by atoms with van der Waals surface area (Å²) in [7, 11) is 3.67. The molecule has 1 N–H and O–H groups in total. The van der Waals surface area contributed by atoms with Gasteiger partial charge in [-0.05, 0) is 55.9 Å². The molecule has 9 nitrogen and oxygen atoms in total. The van der Waals surface area contributed by atoms with Gasteiger partial charge in [-0.3, -0.25) is 19.7 Å². The lowest BCUT2D eigenvalue weighted by atomic mass is 9.93. The van der Waals surface area contributed by atoms with E-state index < -0.39 is 22.7 Å². The summed E-state index contributed by atoms with van der Waals surface area (Å²) in [5.74, 6) is -1.34. The van der Waals surface area contributed by atoms with Gasteiger partial charge in [0.25, 0.3) is 17.4 Å². The number of likely N-dealkylation sites (N-methyl/N-ethyl adjacent to an activating group) is 1. The maximum absolute atomic E-state index is 13.2. The van der Waals surface area contributed by atoms with Gasteiger partial charge in [-0.2, -0.15) is 0 Å². The molecule has 9 heteroatoms. The van der Waals surface area contributed by atoms with Crippen LogP contribution in [0.4, 0.5) is 5.69 Å². The Morgan fingerprint density at radius 1 is 1.05 bits per heavy atom. The third-order valence-electron chi connectivity index (χ3n) is 6.43. The molecule has 0 unspecified atom stereocenters. The molecule has 3 aromatic carbocycles. The maximum Gasteiger partial charge on any atom is 0.295 e. The molecule has 0 saturated carbocycles. The summed E-state index contributed by atoms with van der Waals surface area (Å²) in [4.78, 5) is 40.4. The normalized spacial score (nSPS) is 16.7. The average Bonchev–Trinajstić information content (AvgIpc) is 3.16. The van der Waals surface area contributed by atoms with E-state index in [1.165, 1.54) is 23.1 Å². The third-order valence-corrected chi connectivity index (χ3v) is 6.43. The smallest absolute Gasteiger partial charge is 0.295 e. The van der Waals surface area contributed by atoms with Crippen LogP contribution in [0.1, 0.15) is 28.3 Å². The van der Waals surface area contributed by atoms with Crippen molar-refractivity contribution in [2.45, 2.75) is 19.6 Å². The number of aryl methyl sites for hydroxylation is 1. The maximum atomic E-state index is 13.2. The van der Waals surface area contributed by atoms with Crippen molar-refractivity contribution >= 4 is 23.1 Å². The number of non-ortho nitro benzene ring substituents is 1. The summed E-state index contributed by atoms with van der Waals surface area (Å²) in [5, 5.41) is 22.8. The number of nitrogens with zero attached hydrogens (tertiary/aromatic N) is 3. The van der Waals surface area contributed by atoms with E-state index in [1.807, 2.05) is 49.3 Å². The summed E-state index contributed by atoms with van der Waals surface area (Å²) in [5.41, 5.74) is 2.13. The molecule has 4 rings (SSSR count). The molecule has 0 bridgehead atoms. The van der Waals surface area contributed by atoms with Crippen molar-refractivity contribution in [2.75, 3.05) is 27.2 Å². The fraction of sp³-hybridized carbons (Fsp3) is 0.241. The fourth-order valence-corrected chi connectivity index (χ4v) is 4.45. The van der Waals surface area contributed by atoms with E-state index in [0.29, 0.717) is 35.6 Å². The van der Waals surface area contributed by atoms with Crippen LogP contribution in [-0.4, -0.2) is 58.7 Å². The van der Waals surface area contributed by atoms with Crippen molar-refractivity contribution in [2.24, 2.45) is 0 Å². The molecule has 0 spiro atoms. The Morgan fingerprint density at radius 3 is 2.45 bits per heavy atom. The molecule has 1 heterocycles. The number of rotatable bonds is 9. The molecule has 1 amide bonds. The molecule has 1 atom stereocenters. The molecule has 196 valence electrons. The Hall–Kier alpha value is -4.50. The second kappa shape index (κ2) is 11.3. The van der Waals surface area contributed by atoms with Crippen LogP contribution in [0.15, 0.2) is 78.4 Å². The average molecular weight is 516 g/mol. The minimum absolute atomic E-state index is 0.102. The SMILES string of the molecule is Cc1cc(OCc2ccccc2)ccc1/C(O)=C1\C(=O)C(=O)N(CCN(C)C)[C@@H]1c1cccc([N+](=O)[O-])c1. The predicted molar refractivity (Wildman–Crippen MR) is 143 cm³/mol. The Labute approximate surface area is 220 Å². The number of aliphatic hydroxyl groups excluding tert-OH is 1. The summed E-state index contributed by atoms with van der Waals surface area (Å²) in [6.07, 6.45) is 0. The van der Waals surface area contributed by atoms with E-state index >= 15 is 0 Å². The topological polar surface area (TPSA) is 113 Å². The summed E-state index contributed by atoms with van der Waals surface area (Å²) >= 11 is 0. The van der Waals surface area contributed by atoms with Gasteiger partial charge >= 0.3 is 0 Å². The second-order valence-electron chi connectivity index (χ2n) is 9.40. The molecule has 0 aromatic heterocycles. The predicted octanol–water partition coefficient (Wildman–Crippen LogP) is 4.47. The van der Waals surface area contributed by atoms with Crippen molar-refractivity contribution in [3.8, 4) is 5.75 Å². The number of likely N-dealkylation sites (tertiary alicyclic amines) is 1. The van der Waals surface area contributed by atoms with E-state index in [4.69, 9.17) is 4.74 Å². The van der Waals surface area contributed by atoms with Gasteiger partial charge in [-0.25, -0.2) is 0 Å². The highest BCUT2D eigenvalue weighted by Gasteiger charge is 2.46. The highest BCUT2D eigenvalue weighted by molar-refractivity contribution is 6.46. The van der Waals surface area contributed by atoms with E-state index in [9.17, 15) is 24.8 Å². The molecule has 38 heavy (non-hydrogen) atoms. The molecule has 1 fully saturated rings. The number of hydrogen-bond donors (Lipinski definition) is 1. The summed E-state index contributed by atoms with van der Waals surface area (Å²) in [6, 6.07) is 19.6. The van der Waals surface area contributed by atoms with Gasteiger partial charge in [-0.1, -0.05) is 42.5 Å². The molecule has 1 aliphatic heterocycles. The monoisotopic (exact) mass is 515 g/mol. The van der Waals surface area contributed by atoms with Crippen LogP contribution in [0.25, 0.3) is 5.76 Å². The van der Waals surface area contributed by atoms with Crippen LogP contribution in [0.3, 0.4) is 0 Å². The van der Waals surface area contributed by atoms with Gasteiger partial charge in [0, 0.05) is 30.8 Å². The van der Waals surface area contributed by atoms with Crippen molar-refractivity contribution in [3.63, 3.8) is 0 Å². The van der Waals surface area contributed by atoms with Crippen LogP contribution in [0.5, 0.6) is 5.75 Å². The number of ketones is 1. The summed E-state index contributed by atoms with van der Waals surface area (Å²) < 4.78 is 5.87. The Kier molecular flexibility index (Phi) is 7.87. The molecule has 0 radical (unpaired) electrons. The van der Waals surface area contributed by atoms with Crippen molar-refractivity contribution in [1.29, 1.82) is 0 Å². The molecule has 1 saturated heterocycles. The molecular formula is C29H29N3O6. The van der Waals surface area contributed by atoms with Crippen molar-refractivity contribution in [3.05, 3.63) is 111 Å². The number of carbonyl (C=O) groups is 2. The van der Waals surface area contributed by atoms with Gasteiger partial charge in [0.1, 0.15) is 18.1 Å². The first-order valence-corrected chi connectivity index (χ1v) is 12.1. The third kappa shape index (κ3) is 5.57. The van der Waals surface area contributed by atoms with Crippen LogP contribution in [-0.2, 0) is 16.2 Å². The van der Waals surface area contributed by atoms with Crippen LogP contribution in [0, 0.1) is 17.0 Å². The summed E-state index contributed by atoms with van der Waals surface area (Å²) in [6.45, 7) is 2.81. The first-order valence-electron chi connectivity index (χ1n) is 12.1. The number of Topliss-reactive ketones (excluding diaryl/α,β-unsaturated/α-hetero) is 1. The zero-order valence-corrected chi connectivity index (χ0v) is 21.5. The Morgan fingerprint density at radius 2 is 1.79 bits per heavy atom. The number of carbonyl (C=O) groups excluding carboxylic acids is 2. The number of benzene rings is 3. The van der Waals surface area contributed by atoms with Gasteiger partial charge in [0.15, 0.2) is 0 Å². The lowest BCUT2D eigenvalue weighted by Gasteiger charge is -2.26. The minimum Gasteiger partial charge on any atom is -0.507 e. The molecule has 1 aliphatic rings. The highest BCUT2D eigenvalue weighted by atomic mass is 16.6. The van der Waals surface area contributed by atoms with E-state index in [-0.39, 0.29) is 23.6 Å². The lowest BCUT2D eigenvalue weighted by molar-refractivity contribution is -0.384.